The minimum Gasteiger partial charge on any atom is -0.325 e. The first-order valence-corrected chi connectivity index (χ1v) is 11.4. The molecule has 5 heteroatoms. The predicted molar refractivity (Wildman–Crippen MR) is 123 cm³/mol. The summed E-state index contributed by atoms with van der Waals surface area (Å²) in [6.07, 6.45) is 6.86. The quantitative estimate of drug-likeness (QED) is 0.718. The van der Waals surface area contributed by atoms with Crippen LogP contribution >= 0.6 is 11.8 Å². The van der Waals surface area contributed by atoms with Crippen molar-refractivity contribution in [3.05, 3.63) is 65.7 Å². The molecule has 1 amide bonds. The van der Waals surface area contributed by atoms with Gasteiger partial charge in [0.1, 0.15) is 5.04 Å². The van der Waals surface area contributed by atoms with E-state index in [-0.39, 0.29) is 11.6 Å². The molecule has 1 fully saturated rings. The molecular weight excluding hydrogens is 378 g/mol. The summed E-state index contributed by atoms with van der Waals surface area (Å²) < 4.78 is 0. The second kappa shape index (κ2) is 8.95. The molecule has 0 unspecified atom stereocenters. The second-order valence-corrected chi connectivity index (χ2v) is 8.81. The first-order valence-electron chi connectivity index (χ1n) is 10.4. The third-order valence-electron chi connectivity index (χ3n) is 5.46. The number of aliphatic imine (C=N–C) groups is 2. The summed E-state index contributed by atoms with van der Waals surface area (Å²) in [6, 6.07) is 18.0. The summed E-state index contributed by atoms with van der Waals surface area (Å²) in [6.45, 7) is 2.09. The number of thioether (sulfide) groups is 1. The number of anilines is 1. The van der Waals surface area contributed by atoms with Gasteiger partial charge in [0.15, 0.2) is 5.66 Å². The van der Waals surface area contributed by atoms with Gasteiger partial charge in [-0.15, -0.1) is 0 Å². The van der Waals surface area contributed by atoms with Gasteiger partial charge < -0.3 is 5.32 Å². The summed E-state index contributed by atoms with van der Waals surface area (Å²) in [5.74, 6) is 0.309. The van der Waals surface area contributed by atoms with Crippen LogP contribution in [0.4, 0.5) is 5.69 Å². The zero-order chi connectivity index (χ0) is 20.1. The summed E-state index contributed by atoms with van der Waals surface area (Å²) in [7, 11) is 0. The van der Waals surface area contributed by atoms with E-state index in [1.807, 2.05) is 30.3 Å². The van der Waals surface area contributed by atoms with Gasteiger partial charge in [0.25, 0.3) is 0 Å². The minimum atomic E-state index is -0.324. The molecule has 2 aromatic carbocycles. The molecule has 0 atom stereocenters. The van der Waals surface area contributed by atoms with E-state index in [0.717, 1.165) is 34.8 Å². The van der Waals surface area contributed by atoms with Crippen LogP contribution in [0.3, 0.4) is 0 Å². The first-order chi connectivity index (χ1) is 14.1. The molecule has 4 nitrogen and oxygen atoms in total. The Morgan fingerprint density at radius 1 is 0.966 bits per heavy atom. The van der Waals surface area contributed by atoms with Gasteiger partial charge in [0.2, 0.25) is 5.91 Å². The van der Waals surface area contributed by atoms with Crippen molar-refractivity contribution in [3.8, 4) is 0 Å². The third kappa shape index (κ3) is 4.96. The molecule has 0 aromatic heterocycles. The van der Waals surface area contributed by atoms with E-state index in [9.17, 15) is 4.79 Å². The molecule has 150 valence electrons. The SMILES string of the molecule is Cc1ccc(C2=NC3(CCCCCC3)N=C2SCC(=O)Nc2ccccc2)cc1. The lowest BCUT2D eigenvalue weighted by molar-refractivity contribution is -0.113. The Hall–Kier alpha value is -2.40. The number of nitrogens with one attached hydrogen (secondary N) is 1. The van der Waals surface area contributed by atoms with Crippen molar-refractivity contribution < 1.29 is 4.79 Å². The highest BCUT2D eigenvalue weighted by Gasteiger charge is 2.37. The van der Waals surface area contributed by atoms with Crippen molar-refractivity contribution in [3.63, 3.8) is 0 Å². The van der Waals surface area contributed by atoms with Crippen LogP contribution < -0.4 is 5.32 Å². The van der Waals surface area contributed by atoms with E-state index in [0.29, 0.717) is 5.75 Å². The molecule has 0 bridgehead atoms. The Labute approximate surface area is 176 Å². The summed E-state index contributed by atoms with van der Waals surface area (Å²) in [4.78, 5) is 22.7. The molecule has 1 aliphatic carbocycles. The molecular formula is C24H27N3OS. The number of rotatable bonds is 4. The number of hydrogen-bond donors (Lipinski definition) is 1. The van der Waals surface area contributed by atoms with Crippen LogP contribution in [0, 0.1) is 6.92 Å². The third-order valence-corrected chi connectivity index (χ3v) is 6.42. The highest BCUT2D eigenvalue weighted by molar-refractivity contribution is 8.16. The number of benzene rings is 2. The fourth-order valence-corrected chi connectivity index (χ4v) is 4.77. The van der Waals surface area contributed by atoms with Crippen LogP contribution in [0.5, 0.6) is 0 Å². The maximum atomic E-state index is 12.5. The van der Waals surface area contributed by atoms with Crippen LogP contribution in [-0.4, -0.2) is 28.1 Å². The number of hydrogen-bond acceptors (Lipinski definition) is 4. The number of aryl methyl sites for hydroxylation is 1. The Morgan fingerprint density at radius 2 is 1.66 bits per heavy atom. The average molecular weight is 406 g/mol. The van der Waals surface area contributed by atoms with Crippen molar-refractivity contribution in [2.75, 3.05) is 11.1 Å². The Morgan fingerprint density at radius 3 is 2.34 bits per heavy atom. The molecule has 2 aromatic rings. The van der Waals surface area contributed by atoms with E-state index in [1.165, 1.54) is 43.0 Å². The normalized spacial score (nSPS) is 18.1. The van der Waals surface area contributed by atoms with Crippen molar-refractivity contribution in [1.82, 2.24) is 0 Å². The topological polar surface area (TPSA) is 53.8 Å². The highest BCUT2D eigenvalue weighted by Crippen LogP contribution is 2.37. The van der Waals surface area contributed by atoms with E-state index in [2.05, 4.69) is 36.5 Å². The van der Waals surface area contributed by atoms with Crippen LogP contribution in [0.25, 0.3) is 0 Å². The van der Waals surface area contributed by atoms with Crippen LogP contribution in [-0.2, 0) is 4.79 Å². The summed E-state index contributed by atoms with van der Waals surface area (Å²) >= 11 is 1.50. The van der Waals surface area contributed by atoms with Gasteiger partial charge in [-0.2, -0.15) is 0 Å². The van der Waals surface area contributed by atoms with Gasteiger partial charge in [-0.3, -0.25) is 9.79 Å². The van der Waals surface area contributed by atoms with Gasteiger partial charge in [-0.25, -0.2) is 4.99 Å². The van der Waals surface area contributed by atoms with Crippen molar-refractivity contribution in [2.24, 2.45) is 9.98 Å². The van der Waals surface area contributed by atoms with E-state index in [4.69, 9.17) is 9.98 Å². The molecule has 1 saturated carbocycles. The van der Waals surface area contributed by atoms with E-state index in [1.54, 1.807) is 0 Å². The zero-order valence-electron chi connectivity index (χ0n) is 16.9. The minimum absolute atomic E-state index is 0.0195. The molecule has 0 radical (unpaired) electrons. The van der Waals surface area contributed by atoms with E-state index >= 15 is 0 Å². The Kier molecular flexibility index (Phi) is 6.14. The summed E-state index contributed by atoms with van der Waals surface area (Å²) in [5.41, 5.74) is 3.76. The maximum Gasteiger partial charge on any atom is 0.234 e. The van der Waals surface area contributed by atoms with Crippen LogP contribution in [0.1, 0.15) is 49.7 Å². The lowest BCUT2D eigenvalue weighted by Gasteiger charge is -2.20. The molecule has 2 aliphatic rings. The largest absolute Gasteiger partial charge is 0.325 e. The molecule has 29 heavy (non-hydrogen) atoms. The lowest BCUT2D eigenvalue weighted by atomic mass is 10.0. The highest BCUT2D eigenvalue weighted by atomic mass is 32.2. The molecule has 1 N–H and O–H groups in total. The molecule has 4 rings (SSSR count). The predicted octanol–water partition coefficient (Wildman–Crippen LogP) is 5.62. The van der Waals surface area contributed by atoms with Crippen molar-refractivity contribution in [2.45, 2.75) is 51.1 Å². The van der Waals surface area contributed by atoms with Crippen molar-refractivity contribution in [1.29, 1.82) is 0 Å². The number of amides is 1. The zero-order valence-corrected chi connectivity index (χ0v) is 17.7. The molecule has 0 saturated heterocycles. The van der Waals surface area contributed by atoms with Crippen molar-refractivity contribution >= 4 is 34.1 Å². The van der Waals surface area contributed by atoms with Gasteiger partial charge in [0, 0.05) is 11.3 Å². The van der Waals surface area contributed by atoms with Crippen LogP contribution in [0.15, 0.2) is 64.6 Å². The molecule has 1 heterocycles. The fourth-order valence-electron chi connectivity index (χ4n) is 3.89. The number of nitrogens with zero attached hydrogens (tertiary/aromatic N) is 2. The fraction of sp³-hybridized carbons (Fsp3) is 0.375. The van der Waals surface area contributed by atoms with Gasteiger partial charge in [-0.05, 0) is 44.7 Å². The first kappa shape index (κ1) is 19.9. The second-order valence-electron chi connectivity index (χ2n) is 7.84. The smallest absolute Gasteiger partial charge is 0.234 e. The number of para-hydroxylation sites is 1. The standard InChI is InChI=1S/C24H27N3OS/c1-18-11-13-19(14-12-18)22-23(27-24(26-22)15-7-2-3-8-16-24)29-17-21(28)25-20-9-5-4-6-10-20/h4-6,9-14H,2-3,7-8,15-17H2,1H3,(H,25,28). The van der Waals surface area contributed by atoms with Crippen LogP contribution in [0.2, 0.25) is 0 Å². The maximum absolute atomic E-state index is 12.5. The number of carbonyl (C=O) groups excluding carboxylic acids is 1. The molecule has 1 spiro atoms. The summed E-state index contributed by atoms with van der Waals surface area (Å²) in [5, 5.41) is 3.86. The lowest BCUT2D eigenvalue weighted by Crippen LogP contribution is -2.20. The monoisotopic (exact) mass is 405 g/mol. The Balaban J connectivity index is 1.52. The van der Waals surface area contributed by atoms with E-state index < -0.39 is 0 Å². The Bertz CT molecular complexity index is 911. The van der Waals surface area contributed by atoms with Gasteiger partial charge in [0.05, 0.1) is 11.5 Å². The average Bonchev–Trinajstić information content (AvgIpc) is 2.92. The number of carbonyl (C=O) groups is 1. The molecule has 1 aliphatic heterocycles. The van der Waals surface area contributed by atoms with Gasteiger partial charge >= 0.3 is 0 Å². The van der Waals surface area contributed by atoms with Gasteiger partial charge in [-0.1, -0.05) is 72.6 Å².